The average molecular weight is 388 g/mol. The lowest BCUT2D eigenvalue weighted by atomic mass is 10.1. The molecule has 0 spiro atoms. The van der Waals surface area contributed by atoms with Gasteiger partial charge >= 0.3 is 0 Å². The first-order chi connectivity index (χ1) is 12.6. The second-order valence-electron chi connectivity index (χ2n) is 5.67. The first-order valence-corrected chi connectivity index (χ1v) is 9.48. The maximum Gasteiger partial charge on any atom is 0.230 e. The van der Waals surface area contributed by atoms with E-state index in [1.165, 1.54) is 22.9 Å². The summed E-state index contributed by atoms with van der Waals surface area (Å²) < 4.78 is 1.57. The first-order valence-electron chi connectivity index (χ1n) is 8.12. The number of aryl methyl sites for hydroxylation is 1. The van der Waals surface area contributed by atoms with E-state index >= 15 is 0 Å². The normalized spacial score (nSPS) is 10.7. The molecule has 0 saturated heterocycles. The SMILES string of the molecule is Cc1ccccc1CCNC(=O)CSc1nnnn1-c1cccc(Cl)c1. The van der Waals surface area contributed by atoms with Crippen molar-refractivity contribution in [2.45, 2.75) is 18.5 Å². The zero-order valence-electron chi connectivity index (χ0n) is 14.2. The highest BCUT2D eigenvalue weighted by Gasteiger charge is 2.11. The molecule has 0 atom stereocenters. The van der Waals surface area contributed by atoms with Gasteiger partial charge in [0, 0.05) is 11.6 Å². The summed E-state index contributed by atoms with van der Waals surface area (Å²) in [7, 11) is 0. The number of hydrogen-bond donors (Lipinski definition) is 1. The number of aromatic nitrogens is 4. The number of benzene rings is 2. The largest absolute Gasteiger partial charge is 0.355 e. The van der Waals surface area contributed by atoms with Crippen molar-refractivity contribution in [3.8, 4) is 5.69 Å². The summed E-state index contributed by atoms with van der Waals surface area (Å²) in [6, 6.07) is 15.4. The Labute approximate surface area is 160 Å². The van der Waals surface area contributed by atoms with Crippen molar-refractivity contribution >= 4 is 29.3 Å². The van der Waals surface area contributed by atoms with Crippen molar-refractivity contribution in [2.75, 3.05) is 12.3 Å². The zero-order valence-corrected chi connectivity index (χ0v) is 15.8. The van der Waals surface area contributed by atoms with Crippen LogP contribution in [0.5, 0.6) is 0 Å². The fourth-order valence-corrected chi connectivity index (χ4v) is 3.35. The third-order valence-electron chi connectivity index (χ3n) is 3.80. The zero-order chi connectivity index (χ0) is 18.4. The summed E-state index contributed by atoms with van der Waals surface area (Å²) in [5, 5.41) is 15.7. The Morgan fingerprint density at radius 3 is 2.88 bits per heavy atom. The smallest absolute Gasteiger partial charge is 0.230 e. The van der Waals surface area contributed by atoms with Gasteiger partial charge in [-0.25, -0.2) is 0 Å². The summed E-state index contributed by atoms with van der Waals surface area (Å²) in [5.41, 5.74) is 3.23. The molecule has 0 aliphatic rings. The Morgan fingerprint density at radius 1 is 1.23 bits per heavy atom. The number of nitrogens with zero attached hydrogens (tertiary/aromatic N) is 4. The number of rotatable bonds is 7. The minimum atomic E-state index is -0.0516. The Morgan fingerprint density at radius 2 is 2.08 bits per heavy atom. The lowest BCUT2D eigenvalue weighted by molar-refractivity contribution is -0.118. The summed E-state index contributed by atoms with van der Waals surface area (Å²) in [6.45, 7) is 2.67. The van der Waals surface area contributed by atoms with Crippen LogP contribution in [0.3, 0.4) is 0 Å². The molecular formula is C18H18ClN5OS. The van der Waals surface area contributed by atoms with Crippen molar-refractivity contribution in [3.05, 3.63) is 64.7 Å². The maximum atomic E-state index is 12.1. The van der Waals surface area contributed by atoms with Crippen LogP contribution in [0.4, 0.5) is 0 Å². The summed E-state index contributed by atoms with van der Waals surface area (Å²) in [4.78, 5) is 12.1. The van der Waals surface area contributed by atoms with Gasteiger partial charge in [-0.3, -0.25) is 4.79 Å². The van der Waals surface area contributed by atoms with Gasteiger partial charge in [-0.05, 0) is 53.1 Å². The fraction of sp³-hybridized carbons (Fsp3) is 0.222. The standard InChI is InChI=1S/C18H18ClN5OS/c1-13-5-2-3-6-14(13)9-10-20-17(25)12-26-18-21-22-23-24(18)16-8-4-7-15(19)11-16/h2-8,11H,9-10,12H2,1H3,(H,20,25). The number of nitrogens with one attached hydrogen (secondary N) is 1. The van der Waals surface area contributed by atoms with E-state index in [0.29, 0.717) is 16.7 Å². The Balaban J connectivity index is 1.51. The Hall–Kier alpha value is -2.38. The first kappa shape index (κ1) is 18.4. The van der Waals surface area contributed by atoms with Gasteiger partial charge in [0.1, 0.15) is 0 Å². The predicted octanol–water partition coefficient (Wildman–Crippen LogP) is 3.08. The van der Waals surface area contributed by atoms with Crippen molar-refractivity contribution in [2.24, 2.45) is 0 Å². The summed E-state index contributed by atoms with van der Waals surface area (Å²) in [6.07, 6.45) is 0.809. The molecule has 1 heterocycles. The van der Waals surface area contributed by atoms with Crippen molar-refractivity contribution in [1.82, 2.24) is 25.5 Å². The van der Waals surface area contributed by atoms with E-state index in [0.717, 1.165) is 12.1 Å². The third kappa shape index (κ3) is 4.83. The molecule has 134 valence electrons. The van der Waals surface area contributed by atoms with Gasteiger partial charge in [0.25, 0.3) is 0 Å². The van der Waals surface area contributed by atoms with Crippen LogP contribution in [0.2, 0.25) is 5.02 Å². The van der Waals surface area contributed by atoms with E-state index in [9.17, 15) is 4.79 Å². The van der Waals surface area contributed by atoms with E-state index in [2.05, 4.69) is 39.9 Å². The number of carbonyl (C=O) groups is 1. The second-order valence-corrected chi connectivity index (χ2v) is 7.05. The van der Waals surface area contributed by atoms with Crippen LogP contribution in [0.1, 0.15) is 11.1 Å². The molecule has 0 fully saturated rings. The molecule has 2 aromatic carbocycles. The van der Waals surface area contributed by atoms with Crippen molar-refractivity contribution < 1.29 is 4.79 Å². The van der Waals surface area contributed by atoms with Crippen LogP contribution in [0, 0.1) is 6.92 Å². The fourth-order valence-electron chi connectivity index (χ4n) is 2.45. The molecule has 1 N–H and O–H groups in total. The topological polar surface area (TPSA) is 72.7 Å². The van der Waals surface area contributed by atoms with Crippen molar-refractivity contribution in [3.63, 3.8) is 0 Å². The van der Waals surface area contributed by atoms with E-state index in [1.54, 1.807) is 16.8 Å². The number of halogens is 1. The Bertz CT molecular complexity index is 899. The molecule has 6 nitrogen and oxygen atoms in total. The van der Waals surface area contributed by atoms with Gasteiger partial charge < -0.3 is 5.32 Å². The highest BCUT2D eigenvalue weighted by atomic mass is 35.5. The molecule has 1 aromatic heterocycles. The third-order valence-corrected chi connectivity index (χ3v) is 4.96. The molecule has 1 amide bonds. The van der Waals surface area contributed by atoms with Crippen LogP contribution in [-0.4, -0.2) is 38.4 Å². The lowest BCUT2D eigenvalue weighted by Gasteiger charge is -2.07. The van der Waals surface area contributed by atoms with Crippen LogP contribution in [0.15, 0.2) is 53.7 Å². The molecule has 0 bridgehead atoms. The number of tetrazole rings is 1. The van der Waals surface area contributed by atoms with Crippen LogP contribution in [0.25, 0.3) is 5.69 Å². The van der Waals surface area contributed by atoms with Crippen LogP contribution < -0.4 is 5.32 Å². The van der Waals surface area contributed by atoms with Gasteiger partial charge in [-0.2, -0.15) is 4.68 Å². The quantitative estimate of drug-likeness (QED) is 0.631. The molecule has 26 heavy (non-hydrogen) atoms. The van der Waals surface area contributed by atoms with Crippen LogP contribution in [-0.2, 0) is 11.2 Å². The van der Waals surface area contributed by atoms with Crippen molar-refractivity contribution in [1.29, 1.82) is 0 Å². The predicted molar refractivity (Wildman–Crippen MR) is 103 cm³/mol. The minimum Gasteiger partial charge on any atom is -0.355 e. The molecule has 0 radical (unpaired) electrons. The van der Waals surface area contributed by atoms with E-state index in [1.807, 2.05) is 24.3 Å². The Kier molecular flexibility index (Phi) is 6.25. The molecule has 3 aromatic rings. The number of amides is 1. The molecule has 0 unspecified atom stereocenters. The van der Waals surface area contributed by atoms with E-state index < -0.39 is 0 Å². The molecule has 8 heteroatoms. The summed E-state index contributed by atoms with van der Waals surface area (Å²) >= 11 is 7.29. The minimum absolute atomic E-state index is 0.0516. The van der Waals surface area contributed by atoms with E-state index in [4.69, 9.17) is 11.6 Å². The lowest BCUT2D eigenvalue weighted by Crippen LogP contribution is -2.27. The maximum absolute atomic E-state index is 12.1. The summed E-state index contributed by atoms with van der Waals surface area (Å²) in [5.74, 6) is 0.193. The van der Waals surface area contributed by atoms with E-state index in [-0.39, 0.29) is 11.7 Å². The second kappa shape index (κ2) is 8.82. The average Bonchev–Trinajstić information content (AvgIpc) is 3.10. The molecule has 0 aliphatic heterocycles. The number of thioether (sulfide) groups is 1. The highest BCUT2D eigenvalue weighted by molar-refractivity contribution is 7.99. The molecule has 3 rings (SSSR count). The highest BCUT2D eigenvalue weighted by Crippen LogP contribution is 2.20. The van der Waals surface area contributed by atoms with Gasteiger partial charge in [0.05, 0.1) is 11.4 Å². The monoisotopic (exact) mass is 387 g/mol. The molecular weight excluding hydrogens is 370 g/mol. The number of hydrogen-bond acceptors (Lipinski definition) is 5. The van der Waals surface area contributed by atoms with Gasteiger partial charge in [0.15, 0.2) is 0 Å². The number of carbonyl (C=O) groups excluding carboxylic acids is 1. The van der Waals surface area contributed by atoms with Gasteiger partial charge in [-0.15, -0.1) is 5.10 Å². The van der Waals surface area contributed by atoms with Crippen LogP contribution >= 0.6 is 23.4 Å². The van der Waals surface area contributed by atoms with Gasteiger partial charge in [0.2, 0.25) is 11.1 Å². The molecule has 0 saturated carbocycles. The molecule has 0 aliphatic carbocycles. The van der Waals surface area contributed by atoms with Gasteiger partial charge in [-0.1, -0.05) is 53.7 Å².